The maximum Gasteiger partial charge on any atom is 0.349 e. The lowest BCUT2D eigenvalue weighted by molar-refractivity contribution is 0.0602. The molecule has 2 amide bonds. The predicted octanol–water partition coefficient (Wildman–Crippen LogP) is 0.172. The summed E-state index contributed by atoms with van der Waals surface area (Å²) in [7, 11) is -0.170. The van der Waals surface area contributed by atoms with Gasteiger partial charge >= 0.3 is 18.0 Å². The number of methoxy groups -OCH3 is 2. The molecule has 1 aromatic rings. The zero-order chi connectivity index (χ0) is 19.5. The van der Waals surface area contributed by atoms with Crippen LogP contribution in [0.5, 0.6) is 0 Å². The molecule has 0 saturated carbocycles. The molecule has 2 heterocycles. The molecule has 2 rings (SSSR count). The van der Waals surface area contributed by atoms with Crippen LogP contribution in [0.15, 0.2) is 26.3 Å². The molecular weight excluding hydrogens is 386 g/mol. The molecule has 0 aliphatic carbocycles. The molecule has 0 spiro atoms. The number of thiophene rings is 1. The summed E-state index contributed by atoms with van der Waals surface area (Å²) in [6.07, 6.45) is -0.916. The van der Waals surface area contributed by atoms with Crippen LogP contribution in [-0.4, -0.2) is 64.7 Å². The highest BCUT2D eigenvalue weighted by Gasteiger charge is 2.29. The third kappa shape index (κ3) is 4.11. The molecule has 142 valence electrons. The Hall–Kier alpha value is -2.67. The molecule has 0 bridgehead atoms. The van der Waals surface area contributed by atoms with Gasteiger partial charge in [-0.1, -0.05) is 0 Å². The second-order valence-corrected chi connectivity index (χ2v) is 7.51. The molecule has 26 heavy (non-hydrogen) atoms. The number of ether oxygens (including phenoxy) is 2. The molecule has 1 aliphatic rings. The van der Waals surface area contributed by atoms with Gasteiger partial charge in [0.15, 0.2) is 0 Å². The maximum atomic E-state index is 12.4. The Balaban J connectivity index is 2.15. The fraction of sp³-hybridized carbons (Fsp3) is 0.385. The van der Waals surface area contributed by atoms with Crippen LogP contribution in [0.2, 0.25) is 0 Å². The Kier molecular flexibility index (Phi) is 5.82. The zero-order valence-electron chi connectivity index (χ0n) is 14.3. The number of urea groups is 1. The molecule has 1 aliphatic heterocycles. The summed E-state index contributed by atoms with van der Waals surface area (Å²) in [5.41, 5.74) is 0. The van der Waals surface area contributed by atoms with E-state index in [1.54, 1.807) is 14.0 Å². The molecule has 13 heteroatoms. The lowest BCUT2D eigenvalue weighted by Crippen LogP contribution is -2.53. The largest absolute Gasteiger partial charge is 0.467 e. The van der Waals surface area contributed by atoms with Crippen molar-refractivity contribution in [2.75, 3.05) is 21.3 Å². The number of carbonyl (C=O) groups excluding carboxylic acids is 2. The SMILES string of the molecule is COC(=O)c1sccc1S(=O)(=O)NC(=O)NC1N=C(OC)N=C(C)N1C. The van der Waals surface area contributed by atoms with E-state index >= 15 is 0 Å². The number of hydrogen-bond donors (Lipinski definition) is 2. The van der Waals surface area contributed by atoms with E-state index in [1.165, 1.54) is 23.5 Å². The average Bonchev–Trinajstić information content (AvgIpc) is 3.08. The minimum Gasteiger partial charge on any atom is -0.467 e. The number of sulfonamides is 1. The summed E-state index contributed by atoms with van der Waals surface area (Å²) in [6, 6.07) is 0.217. The monoisotopic (exact) mass is 403 g/mol. The van der Waals surface area contributed by atoms with Gasteiger partial charge < -0.3 is 14.4 Å². The Morgan fingerprint density at radius 3 is 2.65 bits per heavy atom. The molecule has 0 aromatic carbocycles. The molecule has 1 atom stereocenters. The third-order valence-electron chi connectivity index (χ3n) is 3.33. The van der Waals surface area contributed by atoms with Crippen LogP contribution < -0.4 is 10.0 Å². The second kappa shape index (κ2) is 7.70. The molecule has 2 N–H and O–H groups in total. The van der Waals surface area contributed by atoms with E-state index in [2.05, 4.69) is 20.0 Å². The van der Waals surface area contributed by atoms with Gasteiger partial charge in [-0.2, -0.15) is 9.98 Å². The van der Waals surface area contributed by atoms with Crippen molar-refractivity contribution in [3.05, 3.63) is 16.3 Å². The first-order chi connectivity index (χ1) is 12.2. The number of aliphatic imine (C=N–C) groups is 2. The smallest absolute Gasteiger partial charge is 0.349 e. The summed E-state index contributed by atoms with van der Waals surface area (Å²) in [4.78, 5) is 32.8. The van der Waals surface area contributed by atoms with E-state index in [4.69, 9.17) is 4.74 Å². The molecular formula is C13H17N5O6S2. The van der Waals surface area contributed by atoms with Crippen LogP contribution in [0.4, 0.5) is 4.79 Å². The predicted molar refractivity (Wildman–Crippen MR) is 93.6 cm³/mol. The Labute approximate surface area is 153 Å². The van der Waals surface area contributed by atoms with Gasteiger partial charge in [-0.05, 0) is 18.4 Å². The Morgan fingerprint density at radius 2 is 2.04 bits per heavy atom. The third-order valence-corrected chi connectivity index (χ3v) is 5.72. The van der Waals surface area contributed by atoms with Gasteiger partial charge in [0, 0.05) is 7.05 Å². The first-order valence-corrected chi connectivity index (χ1v) is 9.45. The van der Waals surface area contributed by atoms with Crippen LogP contribution in [0.3, 0.4) is 0 Å². The number of amidine groups is 2. The van der Waals surface area contributed by atoms with Crippen LogP contribution in [-0.2, 0) is 19.5 Å². The number of rotatable bonds is 4. The summed E-state index contributed by atoms with van der Waals surface area (Å²) in [5, 5.41) is 3.79. The van der Waals surface area contributed by atoms with Crippen molar-refractivity contribution >= 4 is 45.2 Å². The van der Waals surface area contributed by atoms with Gasteiger partial charge in [-0.15, -0.1) is 11.3 Å². The molecule has 1 unspecified atom stereocenters. The van der Waals surface area contributed by atoms with Crippen LogP contribution in [0.1, 0.15) is 16.6 Å². The lowest BCUT2D eigenvalue weighted by Gasteiger charge is -2.29. The van der Waals surface area contributed by atoms with Gasteiger partial charge in [0.25, 0.3) is 10.0 Å². The highest BCUT2D eigenvalue weighted by Crippen LogP contribution is 2.22. The van der Waals surface area contributed by atoms with E-state index in [1.807, 2.05) is 4.72 Å². The van der Waals surface area contributed by atoms with Crippen LogP contribution in [0.25, 0.3) is 0 Å². The number of esters is 1. The first kappa shape index (κ1) is 19.7. The lowest BCUT2D eigenvalue weighted by atomic mass is 10.5. The van der Waals surface area contributed by atoms with Gasteiger partial charge in [0.2, 0.25) is 6.29 Å². The first-order valence-electron chi connectivity index (χ1n) is 7.08. The van der Waals surface area contributed by atoms with Crippen molar-refractivity contribution in [2.24, 2.45) is 9.98 Å². The second-order valence-electron chi connectivity index (χ2n) is 4.94. The Morgan fingerprint density at radius 1 is 1.35 bits per heavy atom. The number of nitrogens with one attached hydrogen (secondary N) is 2. The van der Waals surface area contributed by atoms with Crippen molar-refractivity contribution in [3.8, 4) is 0 Å². The zero-order valence-corrected chi connectivity index (χ0v) is 16.0. The molecule has 11 nitrogen and oxygen atoms in total. The molecule has 0 fully saturated rings. The molecule has 0 saturated heterocycles. The number of amides is 2. The number of hydrogen-bond acceptors (Lipinski definition) is 10. The maximum absolute atomic E-state index is 12.4. The van der Waals surface area contributed by atoms with Crippen molar-refractivity contribution in [3.63, 3.8) is 0 Å². The van der Waals surface area contributed by atoms with Gasteiger partial charge in [0.05, 0.1) is 14.2 Å². The normalized spacial score (nSPS) is 17.1. The van der Waals surface area contributed by atoms with E-state index in [9.17, 15) is 18.0 Å². The van der Waals surface area contributed by atoms with E-state index in [0.717, 1.165) is 18.4 Å². The molecule has 0 radical (unpaired) electrons. The highest BCUT2D eigenvalue weighted by atomic mass is 32.2. The fourth-order valence-electron chi connectivity index (χ4n) is 1.92. The van der Waals surface area contributed by atoms with Crippen molar-refractivity contribution < 1.29 is 27.5 Å². The van der Waals surface area contributed by atoms with Gasteiger partial charge in [-0.25, -0.2) is 22.7 Å². The standard InChI is InChI=1S/C13H17N5O6S2/c1-7-14-13(24-4)16-11(18(7)2)15-12(20)17-26(21,22)8-5-6-25-9(8)10(19)23-3/h5-6,11H,1-4H3,(H2,15,17,20). The van der Waals surface area contributed by atoms with Crippen LogP contribution in [0, 0.1) is 0 Å². The number of nitrogens with zero attached hydrogens (tertiary/aromatic N) is 3. The molecule has 1 aromatic heterocycles. The van der Waals surface area contributed by atoms with Crippen molar-refractivity contribution in [1.29, 1.82) is 0 Å². The van der Waals surface area contributed by atoms with Gasteiger partial charge in [-0.3, -0.25) is 5.32 Å². The summed E-state index contributed by atoms with van der Waals surface area (Å²) >= 11 is 0.888. The Bertz CT molecular complexity index is 875. The minimum absolute atomic E-state index is 0.0413. The van der Waals surface area contributed by atoms with E-state index < -0.39 is 28.3 Å². The average molecular weight is 403 g/mol. The highest BCUT2D eigenvalue weighted by molar-refractivity contribution is 7.90. The van der Waals surface area contributed by atoms with E-state index in [-0.39, 0.29) is 15.8 Å². The van der Waals surface area contributed by atoms with Crippen molar-refractivity contribution in [2.45, 2.75) is 18.1 Å². The topological polar surface area (TPSA) is 139 Å². The minimum atomic E-state index is -4.28. The number of carbonyl (C=O) groups is 2. The van der Waals surface area contributed by atoms with Gasteiger partial charge in [0.1, 0.15) is 15.6 Å². The summed E-state index contributed by atoms with van der Waals surface area (Å²) in [6.45, 7) is 1.67. The summed E-state index contributed by atoms with van der Waals surface area (Å²) < 4.78 is 36.1. The fourth-order valence-corrected chi connectivity index (χ4v) is 4.17. The quantitative estimate of drug-likeness (QED) is 0.683. The van der Waals surface area contributed by atoms with Crippen LogP contribution >= 0.6 is 11.3 Å². The van der Waals surface area contributed by atoms with E-state index in [0.29, 0.717) is 5.84 Å². The van der Waals surface area contributed by atoms with Crippen molar-refractivity contribution in [1.82, 2.24) is 14.9 Å². The summed E-state index contributed by atoms with van der Waals surface area (Å²) in [5.74, 6) is -0.301.